The molecule has 4 rings (SSSR count). The second kappa shape index (κ2) is 6.34. The molecule has 2 aromatic heterocycles. The summed E-state index contributed by atoms with van der Waals surface area (Å²) in [6.45, 7) is 3.70. The van der Waals surface area contributed by atoms with Gasteiger partial charge in [-0.2, -0.15) is 0 Å². The molecule has 26 heavy (non-hydrogen) atoms. The summed E-state index contributed by atoms with van der Waals surface area (Å²) in [4.78, 5) is 17.1. The highest BCUT2D eigenvalue weighted by molar-refractivity contribution is 7.22. The van der Waals surface area contributed by atoms with Crippen LogP contribution in [0.2, 0.25) is 0 Å². The number of carbonyl (C=O) groups is 1. The summed E-state index contributed by atoms with van der Waals surface area (Å²) in [6.07, 6.45) is 0. The molecule has 0 aliphatic rings. The highest BCUT2D eigenvalue weighted by Gasteiger charge is 2.22. The minimum Gasteiger partial charge on any atom is -0.355 e. The minimum absolute atomic E-state index is 0.337. The van der Waals surface area contributed by atoms with E-state index < -0.39 is 0 Å². The smallest absolute Gasteiger partial charge is 0.263 e. The van der Waals surface area contributed by atoms with Crippen LogP contribution in [0, 0.1) is 19.7 Å². The molecule has 0 fully saturated rings. The van der Waals surface area contributed by atoms with Gasteiger partial charge in [-0.15, -0.1) is 0 Å². The molecular weight excluding hydrogens is 353 g/mol. The maximum atomic E-state index is 13.3. The molecule has 1 N–H and O–H groups in total. The molecule has 1 amide bonds. The predicted molar refractivity (Wildman–Crippen MR) is 98.9 cm³/mol. The maximum Gasteiger partial charge on any atom is 0.263 e. The van der Waals surface area contributed by atoms with Gasteiger partial charge in [0.2, 0.25) is 0 Å². The van der Waals surface area contributed by atoms with Crippen LogP contribution in [0.4, 0.5) is 9.52 Å². The fourth-order valence-electron chi connectivity index (χ4n) is 2.65. The van der Waals surface area contributed by atoms with Gasteiger partial charge in [0.05, 0.1) is 15.9 Å². The average Bonchev–Trinajstić information content (AvgIpc) is 3.18. The number of hydrogen-bond donors (Lipinski definition) is 1. The van der Waals surface area contributed by atoms with E-state index in [9.17, 15) is 9.18 Å². The quantitative estimate of drug-likeness (QED) is 0.556. The van der Waals surface area contributed by atoms with E-state index in [4.69, 9.17) is 4.52 Å². The van der Waals surface area contributed by atoms with Gasteiger partial charge in [-0.1, -0.05) is 46.3 Å². The average molecular weight is 367 g/mol. The van der Waals surface area contributed by atoms with Gasteiger partial charge >= 0.3 is 0 Å². The Morgan fingerprint density at radius 2 is 1.92 bits per heavy atom. The molecule has 0 saturated heterocycles. The summed E-state index contributed by atoms with van der Waals surface area (Å²) in [6, 6.07) is 12.0. The van der Waals surface area contributed by atoms with Crippen molar-refractivity contribution >= 4 is 32.6 Å². The normalized spacial score (nSPS) is 11.0. The number of halogens is 1. The molecule has 0 aliphatic carbocycles. The van der Waals surface area contributed by atoms with Crippen LogP contribution < -0.4 is 5.32 Å². The van der Waals surface area contributed by atoms with Crippen molar-refractivity contribution in [2.75, 3.05) is 5.32 Å². The van der Waals surface area contributed by atoms with Crippen molar-refractivity contribution in [3.8, 4) is 11.3 Å². The molecule has 0 spiro atoms. The first-order valence-corrected chi connectivity index (χ1v) is 8.73. The molecule has 5 nitrogen and oxygen atoms in total. The Hall–Kier alpha value is -3.06. The van der Waals surface area contributed by atoms with E-state index >= 15 is 0 Å². The highest BCUT2D eigenvalue weighted by Crippen LogP contribution is 2.30. The van der Waals surface area contributed by atoms with Crippen molar-refractivity contribution in [1.82, 2.24) is 10.1 Å². The van der Waals surface area contributed by atoms with Crippen LogP contribution in [0.15, 0.2) is 47.0 Å². The van der Waals surface area contributed by atoms with E-state index in [1.165, 1.54) is 23.5 Å². The van der Waals surface area contributed by atoms with Crippen LogP contribution in [0.1, 0.15) is 21.6 Å². The van der Waals surface area contributed by atoms with Crippen molar-refractivity contribution in [2.45, 2.75) is 13.8 Å². The van der Waals surface area contributed by atoms with Crippen LogP contribution in [0.5, 0.6) is 0 Å². The van der Waals surface area contributed by atoms with Crippen LogP contribution in [0.3, 0.4) is 0 Å². The number of rotatable bonds is 3. The third kappa shape index (κ3) is 2.97. The van der Waals surface area contributed by atoms with Gasteiger partial charge in [0.25, 0.3) is 5.91 Å². The highest BCUT2D eigenvalue weighted by atomic mass is 32.1. The number of hydrogen-bond acceptors (Lipinski definition) is 5. The van der Waals surface area contributed by atoms with Gasteiger partial charge in [0.1, 0.15) is 11.4 Å². The monoisotopic (exact) mass is 367 g/mol. The lowest BCUT2D eigenvalue weighted by Gasteiger charge is -2.03. The largest absolute Gasteiger partial charge is 0.355 e. The Morgan fingerprint density at radius 3 is 2.69 bits per heavy atom. The SMILES string of the molecule is Cc1ccc(-c2onc(C)c2C(=O)Nc2nc3ccc(F)cc3s2)cc1. The summed E-state index contributed by atoms with van der Waals surface area (Å²) in [5.41, 5.74) is 3.36. The molecule has 0 bridgehead atoms. The van der Waals surface area contributed by atoms with Crippen molar-refractivity contribution in [3.05, 3.63) is 65.1 Å². The van der Waals surface area contributed by atoms with Crippen molar-refractivity contribution in [1.29, 1.82) is 0 Å². The van der Waals surface area contributed by atoms with Crippen molar-refractivity contribution < 1.29 is 13.7 Å². The van der Waals surface area contributed by atoms with Gasteiger partial charge in [0, 0.05) is 5.56 Å². The maximum absolute atomic E-state index is 13.3. The van der Waals surface area contributed by atoms with Gasteiger partial charge in [-0.05, 0) is 32.0 Å². The topological polar surface area (TPSA) is 68.0 Å². The molecule has 0 unspecified atom stereocenters. The minimum atomic E-state index is -0.362. The van der Waals surface area contributed by atoms with Gasteiger partial charge in [-0.25, -0.2) is 9.37 Å². The van der Waals surface area contributed by atoms with Gasteiger partial charge in [-0.3, -0.25) is 10.1 Å². The lowest BCUT2D eigenvalue weighted by atomic mass is 10.1. The van der Waals surface area contributed by atoms with E-state index in [2.05, 4.69) is 15.5 Å². The standard InChI is InChI=1S/C19H14FN3O2S/c1-10-3-5-12(6-4-10)17-16(11(2)23-25-17)18(24)22-19-21-14-8-7-13(20)9-15(14)26-19/h3-9H,1-2H3,(H,21,22,24). The molecule has 2 aromatic carbocycles. The number of aryl methyl sites for hydroxylation is 2. The molecule has 2 heterocycles. The molecule has 0 atom stereocenters. The van der Waals surface area contributed by atoms with Gasteiger partial charge in [0.15, 0.2) is 10.9 Å². The molecular formula is C19H14FN3O2S. The van der Waals surface area contributed by atoms with Crippen LogP contribution in [-0.2, 0) is 0 Å². The molecule has 0 aliphatic heterocycles. The Balaban J connectivity index is 1.67. The van der Waals surface area contributed by atoms with E-state index in [1.807, 2.05) is 31.2 Å². The molecule has 0 radical (unpaired) electrons. The summed E-state index contributed by atoms with van der Waals surface area (Å²) in [5, 5.41) is 7.09. The Kier molecular flexibility index (Phi) is 4.00. The second-order valence-corrected chi connectivity index (χ2v) is 6.95. The van der Waals surface area contributed by atoms with Crippen LogP contribution >= 0.6 is 11.3 Å². The third-order valence-corrected chi connectivity index (χ3v) is 4.91. The van der Waals surface area contributed by atoms with E-state index in [0.29, 0.717) is 32.4 Å². The van der Waals surface area contributed by atoms with E-state index in [1.54, 1.807) is 13.0 Å². The van der Waals surface area contributed by atoms with Crippen LogP contribution in [0.25, 0.3) is 21.5 Å². The van der Waals surface area contributed by atoms with E-state index in [0.717, 1.165) is 11.1 Å². The Labute approximate surface area is 152 Å². The molecule has 0 saturated carbocycles. The fourth-order valence-corrected chi connectivity index (χ4v) is 3.54. The lowest BCUT2D eigenvalue weighted by Crippen LogP contribution is -2.13. The number of nitrogens with one attached hydrogen (secondary N) is 1. The Bertz CT molecular complexity index is 1120. The molecule has 7 heteroatoms. The lowest BCUT2D eigenvalue weighted by molar-refractivity contribution is 0.102. The number of nitrogens with zero attached hydrogens (tertiary/aromatic N) is 2. The number of carbonyl (C=O) groups excluding carboxylic acids is 1. The second-order valence-electron chi connectivity index (χ2n) is 5.92. The number of fused-ring (bicyclic) bond motifs is 1. The summed E-state index contributed by atoms with van der Waals surface area (Å²) < 4.78 is 19.4. The van der Waals surface area contributed by atoms with Crippen LogP contribution in [-0.4, -0.2) is 16.0 Å². The van der Waals surface area contributed by atoms with Crippen molar-refractivity contribution in [2.24, 2.45) is 0 Å². The Morgan fingerprint density at radius 1 is 1.15 bits per heavy atom. The number of anilines is 1. The number of benzene rings is 2. The third-order valence-electron chi connectivity index (χ3n) is 3.97. The molecule has 130 valence electrons. The zero-order chi connectivity index (χ0) is 18.3. The van der Waals surface area contributed by atoms with Crippen molar-refractivity contribution in [3.63, 3.8) is 0 Å². The predicted octanol–water partition coefficient (Wildman–Crippen LogP) is 4.96. The van der Waals surface area contributed by atoms with E-state index in [-0.39, 0.29) is 11.7 Å². The summed E-state index contributed by atoms with van der Waals surface area (Å²) in [7, 11) is 0. The first-order valence-electron chi connectivity index (χ1n) is 7.92. The first-order chi connectivity index (χ1) is 12.5. The number of aromatic nitrogens is 2. The van der Waals surface area contributed by atoms with Gasteiger partial charge < -0.3 is 4.52 Å². The zero-order valence-electron chi connectivity index (χ0n) is 14.0. The first kappa shape index (κ1) is 16.4. The summed E-state index contributed by atoms with van der Waals surface area (Å²) in [5.74, 6) is -0.290. The zero-order valence-corrected chi connectivity index (χ0v) is 14.9. The fraction of sp³-hybridized carbons (Fsp3) is 0.105. The number of thiazole rings is 1. The summed E-state index contributed by atoms with van der Waals surface area (Å²) >= 11 is 1.21. The number of amides is 1. The molecule has 4 aromatic rings.